The molecule has 0 unspecified atom stereocenters. The van der Waals surface area contributed by atoms with Crippen molar-refractivity contribution in [3.05, 3.63) is 71.6 Å². The number of piperidine rings is 1. The number of methoxy groups -OCH3 is 1. The van der Waals surface area contributed by atoms with E-state index >= 15 is 0 Å². The highest BCUT2D eigenvalue weighted by Gasteiger charge is 2.41. The topological polar surface area (TPSA) is 209 Å². The molecule has 4 fully saturated rings. The lowest BCUT2D eigenvalue weighted by atomic mass is 10.0. The zero-order valence-corrected chi connectivity index (χ0v) is 39.4. The number of hydrogen-bond acceptors (Lipinski definition) is 11. The van der Waals surface area contributed by atoms with E-state index in [1.807, 2.05) is 51.1 Å². The van der Waals surface area contributed by atoms with Crippen LogP contribution in [0.1, 0.15) is 132 Å². The summed E-state index contributed by atoms with van der Waals surface area (Å²) in [5.74, 6) is 1.51. The molecule has 18 heteroatoms. The van der Waals surface area contributed by atoms with E-state index in [1.54, 1.807) is 4.90 Å². The molecule has 67 heavy (non-hydrogen) atoms. The number of carbonyl (C=O) groups is 4. The number of ether oxygens (including phenoxy) is 1. The third-order valence-electron chi connectivity index (χ3n) is 14.5. The average molecular weight is 917 g/mol. The highest BCUT2D eigenvalue weighted by atomic mass is 16.5. The second kappa shape index (κ2) is 19.0. The number of aromatic nitrogens is 6. The second-order valence-corrected chi connectivity index (χ2v) is 19.4. The molecule has 3 aromatic heterocycles. The first-order chi connectivity index (χ1) is 32.3. The predicted molar refractivity (Wildman–Crippen MR) is 253 cm³/mol. The number of aromatic amines is 2. The van der Waals surface area contributed by atoms with Gasteiger partial charge in [0.15, 0.2) is 0 Å². The van der Waals surface area contributed by atoms with E-state index in [2.05, 4.69) is 55.4 Å². The van der Waals surface area contributed by atoms with Gasteiger partial charge in [-0.25, -0.2) is 29.5 Å². The Hall–Kier alpha value is -6.46. The molecule has 4 aliphatic rings. The third-order valence-corrected chi connectivity index (χ3v) is 14.5. The standard InChI is InChI=1S/C49H64N12O6/c1-28(2)41(56-48(64)67-6)45(62)59-22-10-12-39(59)43-52-33-16-14-30(24-35(33)54-43)37-18-19-38(61(37)32-26-50-47(51-27-32)58-20-8-7-9-21-58)31-15-17-34-36(25-31)55-44(53-34)40-13-11-23-60(40)46(63)42(29(3)4)57(5)49(65)66/h14-17,24-29,37-42H,7-13,18-23H2,1-6H3,(H,52,54)(H,53,55)(H,56,64)(H,65,66)/t37-,38-,39+,40+,41+,42+/m1/s1. The van der Waals surface area contributed by atoms with Crippen LogP contribution in [0, 0.1) is 11.8 Å². The van der Waals surface area contributed by atoms with E-state index < -0.39 is 24.3 Å². The molecule has 2 aromatic carbocycles. The Morgan fingerprint density at radius 2 is 1.25 bits per heavy atom. The van der Waals surface area contributed by atoms with Crippen molar-refractivity contribution in [1.29, 1.82) is 0 Å². The van der Waals surface area contributed by atoms with Crippen LogP contribution in [-0.4, -0.2) is 126 Å². The molecule has 0 saturated carbocycles. The van der Waals surface area contributed by atoms with Crippen LogP contribution >= 0.6 is 0 Å². The van der Waals surface area contributed by atoms with Crippen LogP contribution < -0.4 is 15.1 Å². The van der Waals surface area contributed by atoms with E-state index in [9.17, 15) is 24.3 Å². The fourth-order valence-corrected chi connectivity index (χ4v) is 11.0. The quantitative estimate of drug-likeness (QED) is 0.0952. The number of hydrogen-bond donors (Lipinski definition) is 4. The normalized spacial score (nSPS) is 22.0. The Bertz CT molecular complexity index is 2610. The molecule has 6 atom stereocenters. The van der Waals surface area contributed by atoms with Crippen molar-refractivity contribution >= 4 is 57.7 Å². The Morgan fingerprint density at radius 1 is 0.716 bits per heavy atom. The van der Waals surface area contributed by atoms with Crippen LogP contribution in [-0.2, 0) is 14.3 Å². The minimum absolute atomic E-state index is 0.0183. The summed E-state index contributed by atoms with van der Waals surface area (Å²) in [6, 6.07) is 10.7. The minimum atomic E-state index is -1.13. The summed E-state index contributed by atoms with van der Waals surface area (Å²) in [7, 11) is 2.76. The molecule has 5 aromatic rings. The maximum atomic E-state index is 14.0. The fraction of sp³-hybridized carbons (Fsp3) is 0.551. The second-order valence-electron chi connectivity index (χ2n) is 19.4. The molecule has 0 radical (unpaired) electrons. The van der Waals surface area contributed by atoms with Gasteiger partial charge in [0.1, 0.15) is 23.7 Å². The van der Waals surface area contributed by atoms with Gasteiger partial charge in [-0.2, -0.15) is 0 Å². The number of nitrogens with one attached hydrogen (secondary N) is 3. The summed E-state index contributed by atoms with van der Waals surface area (Å²) in [5.41, 5.74) is 6.55. The summed E-state index contributed by atoms with van der Waals surface area (Å²) < 4.78 is 4.83. The van der Waals surface area contributed by atoms with Crippen molar-refractivity contribution in [2.75, 3.05) is 50.1 Å². The van der Waals surface area contributed by atoms with Crippen LogP contribution in [0.4, 0.5) is 21.2 Å². The van der Waals surface area contributed by atoms with Crippen LogP contribution in [0.25, 0.3) is 22.1 Å². The van der Waals surface area contributed by atoms with E-state index in [0.717, 1.165) is 120 Å². The number of alkyl carbamates (subject to hydrolysis) is 1. The van der Waals surface area contributed by atoms with Crippen LogP contribution in [0.15, 0.2) is 48.8 Å². The number of benzene rings is 2. The lowest BCUT2D eigenvalue weighted by Gasteiger charge is -2.33. The average Bonchev–Trinajstić information content (AvgIpc) is 4.19. The van der Waals surface area contributed by atoms with Crippen molar-refractivity contribution in [3.63, 3.8) is 0 Å². The van der Waals surface area contributed by atoms with Crippen LogP contribution in [0.2, 0.25) is 0 Å². The van der Waals surface area contributed by atoms with Crippen molar-refractivity contribution in [3.8, 4) is 0 Å². The van der Waals surface area contributed by atoms with Crippen molar-refractivity contribution < 1.29 is 29.0 Å². The molecule has 9 rings (SSSR count). The maximum absolute atomic E-state index is 14.0. The maximum Gasteiger partial charge on any atom is 0.407 e. The number of nitrogens with zero attached hydrogens (tertiary/aromatic N) is 9. The number of H-pyrrole nitrogens is 2. The number of likely N-dealkylation sites (N-methyl/N-ethyl adjacent to an activating group) is 1. The molecular weight excluding hydrogens is 853 g/mol. The monoisotopic (exact) mass is 917 g/mol. The molecule has 0 bridgehead atoms. The Balaban J connectivity index is 1.01. The molecule has 7 heterocycles. The number of carbonyl (C=O) groups excluding carboxylic acids is 3. The van der Waals surface area contributed by atoms with Gasteiger partial charge in [-0.1, -0.05) is 39.8 Å². The van der Waals surface area contributed by atoms with Gasteiger partial charge in [0.2, 0.25) is 17.8 Å². The number of anilines is 2. The summed E-state index contributed by atoms with van der Waals surface area (Å²) in [4.78, 5) is 88.6. The predicted octanol–water partition coefficient (Wildman–Crippen LogP) is 7.64. The lowest BCUT2D eigenvalue weighted by molar-refractivity contribution is -0.138. The van der Waals surface area contributed by atoms with Gasteiger partial charge in [-0.3, -0.25) is 14.5 Å². The fourth-order valence-electron chi connectivity index (χ4n) is 11.0. The molecule has 4 N–H and O–H groups in total. The van der Waals surface area contributed by atoms with Gasteiger partial charge in [-0.05, 0) is 105 Å². The smallest absolute Gasteiger partial charge is 0.407 e. The zero-order chi connectivity index (χ0) is 47.1. The largest absolute Gasteiger partial charge is 0.465 e. The minimum Gasteiger partial charge on any atom is -0.465 e. The summed E-state index contributed by atoms with van der Waals surface area (Å²) >= 11 is 0. The molecule has 4 amide bonds. The third kappa shape index (κ3) is 8.93. The molecule has 356 valence electrons. The summed E-state index contributed by atoms with van der Waals surface area (Å²) in [6.07, 6.45) is 10.5. The first kappa shape index (κ1) is 45.7. The molecule has 0 spiro atoms. The van der Waals surface area contributed by atoms with Gasteiger partial charge < -0.3 is 44.7 Å². The van der Waals surface area contributed by atoms with E-state index in [0.29, 0.717) is 18.9 Å². The highest BCUT2D eigenvalue weighted by molar-refractivity contribution is 5.87. The number of imidazole rings is 2. The van der Waals surface area contributed by atoms with E-state index in [1.165, 1.54) is 20.6 Å². The van der Waals surface area contributed by atoms with Gasteiger partial charge in [-0.15, -0.1) is 0 Å². The SMILES string of the molecule is COC(=O)N[C@H](C(=O)N1CCC[C@H]1c1nc2ccc([C@H]3CC[C@H](c4ccc5nc([C@@H]6CCCN6C(=O)[C@H](C(C)C)N(C)C(=O)O)[nH]c5c4)N3c3cnc(N4CCCCC4)nc3)cc2[nH]1)C(C)C. The van der Waals surface area contributed by atoms with Gasteiger partial charge >= 0.3 is 12.2 Å². The Morgan fingerprint density at radius 3 is 1.75 bits per heavy atom. The van der Waals surface area contributed by atoms with Gasteiger partial charge in [0, 0.05) is 33.2 Å². The number of amides is 4. The molecule has 4 aliphatic heterocycles. The number of likely N-dealkylation sites (tertiary alicyclic amines) is 2. The number of rotatable bonds is 12. The summed E-state index contributed by atoms with van der Waals surface area (Å²) in [5, 5.41) is 12.5. The number of fused-ring (bicyclic) bond motifs is 2. The summed E-state index contributed by atoms with van der Waals surface area (Å²) in [6.45, 7) is 10.6. The molecule has 0 aliphatic carbocycles. The zero-order valence-electron chi connectivity index (χ0n) is 39.4. The Kier molecular flexibility index (Phi) is 13.0. The van der Waals surface area contributed by atoms with Crippen LogP contribution in [0.3, 0.4) is 0 Å². The van der Waals surface area contributed by atoms with Crippen molar-refractivity contribution in [2.24, 2.45) is 11.8 Å². The van der Waals surface area contributed by atoms with Gasteiger partial charge in [0.05, 0.1) is 71.4 Å². The van der Waals surface area contributed by atoms with Crippen molar-refractivity contribution in [1.82, 2.24) is 49.9 Å². The molecule has 4 saturated heterocycles. The number of carboxylic acid groups (broad SMARTS) is 1. The highest BCUT2D eigenvalue weighted by Crippen LogP contribution is 2.48. The van der Waals surface area contributed by atoms with Gasteiger partial charge in [0.25, 0.3) is 0 Å². The molecular formula is C49H64N12O6. The first-order valence-electron chi connectivity index (χ1n) is 24.1. The molecule has 18 nitrogen and oxygen atoms in total. The first-order valence-corrected chi connectivity index (χ1v) is 24.1. The van der Waals surface area contributed by atoms with E-state index in [-0.39, 0.29) is 47.8 Å². The Labute approximate surface area is 390 Å². The van der Waals surface area contributed by atoms with Crippen LogP contribution in [0.5, 0.6) is 0 Å². The van der Waals surface area contributed by atoms with E-state index in [4.69, 9.17) is 24.7 Å². The lowest BCUT2D eigenvalue weighted by Crippen LogP contribution is -2.51. The van der Waals surface area contributed by atoms with Crippen molar-refractivity contribution in [2.45, 2.75) is 122 Å².